The van der Waals surface area contributed by atoms with E-state index in [1.165, 1.54) is 11.3 Å². The van der Waals surface area contributed by atoms with Gasteiger partial charge >= 0.3 is 0 Å². The van der Waals surface area contributed by atoms with Gasteiger partial charge in [0.25, 0.3) is 5.19 Å². The van der Waals surface area contributed by atoms with Crippen LogP contribution in [0, 0.1) is 6.92 Å². The molecule has 0 saturated heterocycles. The SMILES string of the molecule is Cc1cnc(Oc2cccc(Br)c2)s1. The van der Waals surface area contributed by atoms with Crippen molar-refractivity contribution in [2.24, 2.45) is 0 Å². The van der Waals surface area contributed by atoms with Gasteiger partial charge in [-0.05, 0) is 25.1 Å². The molecule has 2 aromatic rings. The van der Waals surface area contributed by atoms with Crippen molar-refractivity contribution < 1.29 is 4.74 Å². The molecular weight excluding hydrogens is 262 g/mol. The Kier molecular flexibility index (Phi) is 2.84. The Morgan fingerprint density at radius 3 is 2.93 bits per heavy atom. The topological polar surface area (TPSA) is 22.1 Å². The van der Waals surface area contributed by atoms with Crippen LogP contribution >= 0.6 is 27.3 Å². The third-order valence-corrected chi connectivity index (χ3v) is 2.89. The second kappa shape index (κ2) is 4.11. The van der Waals surface area contributed by atoms with Gasteiger partial charge in [0.1, 0.15) is 5.75 Å². The van der Waals surface area contributed by atoms with Crippen molar-refractivity contribution in [1.29, 1.82) is 0 Å². The van der Waals surface area contributed by atoms with Crippen molar-refractivity contribution in [3.8, 4) is 10.9 Å². The van der Waals surface area contributed by atoms with Crippen LogP contribution in [0.2, 0.25) is 0 Å². The van der Waals surface area contributed by atoms with Gasteiger partial charge in [0, 0.05) is 15.5 Å². The highest BCUT2D eigenvalue weighted by atomic mass is 79.9. The van der Waals surface area contributed by atoms with Crippen LogP contribution in [0.3, 0.4) is 0 Å². The van der Waals surface area contributed by atoms with Crippen LogP contribution in [-0.4, -0.2) is 4.98 Å². The average Bonchev–Trinajstić information content (AvgIpc) is 2.51. The Morgan fingerprint density at radius 1 is 1.43 bits per heavy atom. The molecule has 0 aliphatic carbocycles. The monoisotopic (exact) mass is 269 g/mol. The van der Waals surface area contributed by atoms with E-state index in [1.807, 2.05) is 31.2 Å². The first-order valence-corrected chi connectivity index (χ1v) is 5.71. The molecule has 0 amide bonds. The molecule has 0 bridgehead atoms. The van der Waals surface area contributed by atoms with E-state index >= 15 is 0 Å². The van der Waals surface area contributed by atoms with E-state index in [4.69, 9.17) is 4.74 Å². The molecule has 0 N–H and O–H groups in total. The second-order valence-corrected chi connectivity index (χ2v) is 4.91. The third-order valence-electron chi connectivity index (χ3n) is 1.60. The van der Waals surface area contributed by atoms with E-state index in [0.717, 1.165) is 15.1 Å². The maximum absolute atomic E-state index is 5.56. The van der Waals surface area contributed by atoms with Gasteiger partial charge in [-0.3, -0.25) is 0 Å². The molecule has 0 unspecified atom stereocenters. The van der Waals surface area contributed by atoms with Crippen molar-refractivity contribution in [3.05, 3.63) is 39.8 Å². The number of rotatable bonds is 2. The zero-order valence-corrected chi connectivity index (χ0v) is 9.93. The molecule has 72 valence electrons. The highest BCUT2D eigenvalue weighted by Gasteiger charge is 2.01. The highest BCUT2D eigenvalue weighted by molar-refractivity contribution is 9.10. The summed E-state index contributed by atoms with van der Waals surface area (Å²) in [6, 6.07) is 7.71. The number of thiazole rings is 1. The van der Waals surface area contributed by atoms with Gasteiger partial charge in [0.2, 0.25) is 0 Å². The molecule has 1 heterocycles. The van der Waals surface area contributed by atoms with Crippen molar-refractivity contribution >= 4 is 27.3 Å². The Labute approximate surface area is 94.7 Å². The van der Waals surface area contributed by atoms with Crippen molar-refractivity contribution in [2.75, 3.05) is 0 Å². The number of aryl methyl sites for hydroxylation is 1. The van der Waals surface area contributed by atoms with Gasteiger partial charge in [0.15, 0.2) is 0 Å². The maximum Gasteiger partial charge on any atom is 0.278 e. The number of hydrogen-bond donors (Lipinski definition) is 0. The normalized spacial score (nSPS) is 10.1. The standard InChI is InChI=1S/C10H8BrNOS/c1-7-6-12-10(14-7)13-9-4-2-3-8(11)5-9/h2-6H,1H3. The fourth-order valence-electron chi connectivity index (χ4n) is 1.01. The Morgan fingerprint density at radius 2 is 2.29 bits per heavy atom. The van der Waals surface area contributed by atoms with Crippen LogP contribution in [0.4, 0.5) is 0 Å². The molecule has 2 rings (SSSR count). The van der Waals surface area contributed by atoms with Gasteiger partial charge in [-0.2, -0.15) is 0 Å². The molecule has 0 spiro atoms. The summed E-state index contributed by atoms with van der Waals surface area (Å²) in [4.78, 5) is 5.27. The number of aromatic nitrogens is 1. The molecule has 1 aromatic carbocycles. The first-order valence-electron chi connectivity index (χ1n) is 4.10. The second-order valence-electron chi connectivity index (χ2n) is 2.80. The Hall–Kier alpha value is -0.870. The molecular formula is C10H8BrNOS. The Bertz CT molecular complexity index is 441. The zero-order chi connectivity index (χ0) is 9.97. The quantitative estimate of drug-likeness (QED) is 0.822. The van der Waals surface area contributed by atoms with Crippen LogP contribution in [0.1, 0.15) is 4.88 Å². The smallest absolute Gasteiger partial charge is 0.278 e. The number of benzene rings is 1. The number of halogens is 1. The largest absolute Gasteiger partial charge is 0.431 e. The highest BCUT2D eigenvalue weighted by Crippen LogP contribution is 2.27. The maximum atomic E-state index is 5.56. The van der Waals surface area contributed by atoms with Gasteiger partial charge in [-0.25, -0.2) is 4.98 Å². The lowest BCUT2D eigenvalue weighted by atomic mass is 10.3. The minimum atomic E-state index is 0.681. The number of nitrogens with zero attached hydrogens (tertiary/aromatic N) is 1. The summed E-state index contributed by atoms with van der Waals surface area (Å²) in [7, 11) is 0. The fourth-order valence-corrected chi connectivity index (χ4v) is 2.01. The van der Waals surface area contributed by atoms with Crippen molar-refractivity contribution in [1.82, 2.24) is 4.98 Å². The van der Waals surface area contributed by atoms with E-state index in [2.05, 4.69) is 20.9 Å². The van der Waals surface area contributed by atoms with Crippen molar-refractivity contribution in [3.63, 3.8) is 0 Å². The predicted molar refractivity (Wildman–Crippen MR) is 61.1 cm³/mol. The van der Waals surface area contributed by atoms with E-state index in [0.29, 0.717) is 5.19 Å². The average molecular weight is 270 g/mol. The molecule has 4 heteroatoms. The van der Waals surface area contributed by atoms with Crippen molar-refractivity contribution in [2.45, 2.75) is 6.92 Å². The fraction of sp³-hybridized carbons (Fsp3) is 0.100. The molecule has 0 radical (unpaired) electrons. The first kappa shape index (κ1) is 9.68. The van der Waals surface area contributed by atoms with Crippen LogP contribution in [-0.2, 0) is 0 Å². The summed E-state index contributed by atoms with van der Waals surface area (Å²) in [5.74, 6) is 0.800. The van der Waals surface area contributed by atoms with Crippen LogP contribution in [0.25, 0.3) is 0 Å². The van der Waals surface area contributed by atoms with Crippen LogP contribution < -0.4 is 4.74 Å². The number of hydrogen-bond acceptors (Lipinski definition) is 3. The summed E-state index contributed by atoms with van der Waals surface area (Å²) in [5, 5.41) is 0.681. The lowest BCUT2D eigenvalue weighted by molar-refractivity contribution is 0.478. The lowest BCUT2D eigenvalue weighted by Crippen LogP contribution is -1.81. The summed E-state index contributed by atoms with van der Waals surface area (Å²) >= 11 is 4.92. The molecule has 0 aliphatic heterocycles. The van der Waals surface area contributed by atoms with E-state index < -0.39 is 0 Å². The molecule has 0 aliphatic rings. The lowest BCUT2D eigenvalue weighted by Gasteiger charge is -2.00. The molecule has 1 aromatic heterocycles. The minimum absolute atomic E-state index is 0.681. The first-order chi connectivity index (χ1) is 6.74. The summed E-state index contributed by atoms with van der Waals surface area (Å²) < 4.78 is 6.56. The van der Waals surface area contributed by atoms with Crippen LogP contribution in [0.5, 0.6) is 10.9 Å². The zero-order valence-electron chi connectivity index (χ0n) is 7.53. The minimum Gasteiger partial charge on any atom is -0.431 e. The molecule has 0 atom stereocenters. The summed E-state index contributed by atoms with van der Waals surface area (Å²) in [6.45, 7) is 2.01. The van der Waals surface area contributed by atoms with Gasteiger partial charge < -0.3 is 4.74 Å². The van der Waals surface area contributed by atoms with E-state index in [9.17, 15) is 0 Å². The molecule has 2 nitrogen and oxygen atoms in total. The predicted octanol–water partition coefficient (Wildman–Crippen LogP) is 4.01. The van der Waals surface area contributed by atoms with Crippen LogP contribution in [0.15, 0.2) is 34.9 Å². The van der Waals surface area contributed by atoms with E-state index in [-0.39, 0.29) is 0 Å². The van der Waals surface area contributed by atoms with Gasteiger partial charge in [0.05, 0.1) is 0 Å². The Balaban J connectivity index is 2.18. The molecule has 14 heavy (non-hydrogen) atoms. The summed E-state index contributed by atoms with van der Waals surface area (Å²) in [6.07, 6.45) is 1.80. The molecule has 0 fully saturated rings. The third kappa shape index (κ3) is 2.33. The van der Waals surface area contributed by atoms with Gasteiger partial charge in [-0.1, -0.05) is 33.3 Å². The van der Waals surface area contributed by atoms with Gasteiger partial charge in [-0.15, -0.1) is 0 Å². The van der Waals surface area contributed by atoms with E-state index in [1.54, 1.807) is 6.20 Å². The summed E-state index contributed by atoms with van der Waals surface area (Å²) in [5.41, 5.74) is 0. The number of ether oxygens (including phenoxy) is 1. The molecule has 0 saturated carbocycles.